The van der Waals surface area contributed by atoms with Gasteiger partial charge in [0.25, 0.3) is 0 Å². The molecule has 3 amide bonds. The molecule has 0 atom stereocenters. The third-order valence-corrected chi connectivity index (χ3v) is 5.18. The first-order chi connectivity index (χ1) is 14.2. The van der Waals surface area contributed by atoms with Gasteiger partial charge in [0.2, 0.25) is 0 Å². The Bertz CT molecular complexity index is 856. The molecule has 0 radical (unpaired) electrons. The summed E-state index contributed by atoms with van der Waals surface area (Å²) >= 11 is 0. The molecule has 0 bridgehead atoms. The van der Waals surface area contributed by atoms with Crippen LogP contribution in [0.2, 0.25) is 0 Å². The van der Waals surface area contributed by atoms with E-state index in [-0.39, 0.29) is 12.1 Å². The van der Waals surface area contributed by atoms with Gasteiger partial charge in [0, 0.05) is 49.8 Å². The van der Waals surface area contributed by atoms with Gasteiger partial charge in [-0.1, -0.05) is 0 Å². The number of urea groups is 1. The van der Waals surface area contributed by atoms with Crippen molar-refractivity contribution in [1.29, 1.82) is 0 Å². The van der Waals surface area contributed by atoms with E-state index in [9.17, 15) is 9.59 Å². The van der Waals surface area contributed by atoms with Crippen LogP contribution < -0.4 is 10.1 Å². The number of carbonyl (C=O) groups excluding carboxylic acids is 2. The minimum atomic E-state index is -0.359. The predicted octanol–water partition coefficient (Wildman–Crippen LogP) is 1.58. The van der Waals surface area contributed by atoms with Gasteiger partial charge in [0.05, 0.1) is 26.4 Å². The number of aromatic amines is 1. The topological polar surface area (TPSA) is 96.1 Å². The van der Waals surface area contributed by atoms with Crippen molar-refractivity contribution in [2.24, 2.45) is 0 Å². The Morgan fingerprint density at radius 3 is 2.45 bits per heavy atom. The normalized spacial score (nSPS) is 17.4. The maximum Gasteiger partial charge on any atom is 0.415 e. The van der Waals surface area contributed by atoms with E-state index in [1.165, 1.54) is 0 Å². The van der Waals surface area contributed by atoms with Crippen molar-refractivity contribution in [1.82, 2.24) is 20.1 Å². The van der Waals surface area contributed by atoms with Crippen molar-refractivity contribution in [2.45, 2.75) is 6.42 Å². The van der Waals surface area contributed by atoms with Crippen LogP contribution in [0, 0.1) is 0 Å². The molecule has 2 saturated heterocycles. The fourth-order valence-corrected chi connectivity index (χ4v) is 3.52. The smallest absolute Gasteiger partial charge is 0.410 e. The molecule has 9 heteroatoms. The largest absolute Gasteiger partial charge is 0.415 e. The number of amides is 3. The zero-order chi connectivity index (χ0) is 20.1. The van der Waals surface area contributed by atoms with E-state index in [0.29, 0.717) is 71.3 Å². The summed E-state index contributed by atoms with van der Waals surface area (Å²) in [6.07, 6.45) is 2.25. The first-order valence-corrected chi connectivity index (χ1v) is 9.96. The molecule has 0 spiro atoms. The second-order valence-electron chi connectivity index (χ2n) is 7.07. The zero-order valence-electron chi connectivity index (χ0n) is 16.3. The minimum absolute atomic E-state index is 0.0618. The van der Waals surface area contributed by atoms with Crippen LogP contribution in [-0.4, -0.2) is 86.1 Å². The van der Waals surface area contributed by atoms with Crippen molar-refractivity contribution in [2.75, 3.05) is 59.2 Å². The van der Waals surface area contributed by atoms with E-state index in [2.05, 4.69) is 10.3 Å². The summed E-state index contributed by atoms with van der Waals surface area (Å²) in [5.74, 6) is 0.507. The predicted molar refractivity (Wildman–Crippen MR) is 106 cm³/mol. The van der Waals surface area contributed by atoms with Crippen LogP contribution in [0.15, 0.2) is 24.4 Å². The Kier molecular flexibility index (Phi) is 6.16. The SMILES string of the molecule is O=C(NCCc1c[nH]c2ccc(OC(=O)N3CCOCC3)cc12)N1CCOCC1. The van der Waals surface area contributed by atoms with E-state index >= 15 is 0 Å². The highest BCUT2D eigenvalue weighted by molar-refractivity contribution is 5.85. The number of benzene rings is 1. The Balaban J connectivity index is 1.35. The van der Waals surface area contributed by atoms with Gasteiger partial charge in [-0.3, -0.25) is 0 Å². The third kappa shape index (κ3) is 4.80. The van der Waals surface area contributed by atoms with Crippen molar-refractivity contribution >= 4 is 23.0 Å². The number of nitrogens with zero attached hydrogens (tertiary/aromatic N) is 2. The van der Waals surface area contributed by atoms with E-state index in [0.717, 1.165) is 16.5 Å². The van der Waals surface area contributed by atoms with Gasteiger partial charge in [-0.15, -0.1) is 0 Å². The van der Waals surface area contributed by atoms with Gasteiger partial charge in [0.15, 0.2) is 0 Å². The van der Waals surface area contributed by atoms with Gasteiger partial charge < -0.3 is 34.3 Å². The number of hydrogen-bond donors (Lipinski definition) is 2. The van der Waals surface area contributed by atoms with Crippen LogP contribution in [0.3, 0.4) is 0 Å². The standard InChI is InChI=1S/C20H26N4O5/c25-19(23-5-9-27-10-6-23)21-4-3-15-14-22-18-2-1-16(13-17(15)18)29-20(26)24-7-11-28-12-8-24/h1-2,13-14,22H,3-12H2,(H,21,25). The van der Waals surface area contributed by atoms with Crippen LogP contribution in [0.5, 0.6) is 5.75 Å². The Labute approximate surface area is 168 Å². The highest BCUT2D eigenvalue weighted by Gasteiger charge is 2.19. The lowest BCUT2D eigenvalue weighted by molar-refractivity contribution is 0.0416. The number of rotatable bonds is 4. The maximum atomic E-state index is 12.3. The molecular weight excluding hydrogens is 376 g/mol. The molecule has 0 aliphatic carbocycles. The van der Waals surface area contributed by atoms with E-state index in [1.807, 2.05) is 18.3 Å². The number of fused-ring (bicyclic) bond motifs is 1. The summed E-state index contributed by atoms with van der Waals surface area (Å²) < 4.78 is 16.1. The average Bonchev–Trinajstić information content (AvgIpc) is 3.17. The molecule has 156 valence electrons. The van der Waals surface area contributed by atoms with Crippen molar-refractivity contribution in [3.63, 3.8) is 0 Å². The van der Waals surface area contributed by atoms with Crippen molar-refractivity contribution < 1.29 is 23.8 Å². The Hall–Kier alpha value is -2.78. The molecular formula is C20H26N4O5. The number of nitrogens with one attached hydrogen (secondary N) is 2. The molecule has 1 aromatic carbocycles. The molecule has 2 aliphatic heterocycles. The number of hydrogen-bond acceptors (Lipinski definition) is 5. The summed E-state index contributed by atoms with van der Waals surface area (Å²) in [7, 11) is 0. The summed E-state index contributed by atoms with van der Waals surface area (Å²) in [6.45, 7) is 5.09. The fraction of sp³-hybridized carbons (Fsp3) is 0.500. The maximum absolute atomic E-state index is 12.3. The lowest BCUT2D eigenvalue weighted by Crippen LogP contribution is -2.46. The monoisotopic (exact) mass is 402 g/mol. The Morgan fingerprint density at radius 1 is 1.03 bits per heavy atom. The summed E-state index contributed by atoms with van der Waals surface area (Å²) in [5, 5.41) is 3.94. The molecule has 0 saturated carbocycles. The van der Waals surface area contributed by atoms with E-state index in [1.54, 1.807) is 15.9 Å². The molecule has 2 fully saturated rings. The lowest BCUT2D eigenvalue weighted by Gasteiger charge is -2.26. The van der Waals surface area contributed by atoms with Crippen LogP contribution in [0.1, 0.15) is 5.56 Å². The lowest BCUT2D eigenvalue weighted by atomic mass is 10.1. The van der Waals surface area contributed by atoms with Crippen LogP contribution >= 0.6 is 0 Å². The zero-order valence-corrected chi connectivity index (χ0v) is 16.3. The first kappa shape index (κ1) is 19.5. The molecule has 2 aliphatic rings. The number of ether oxygens (including phenoxy) is 3. The molecule has 3 heterocycles. The van der Waals surface area contributed by atoms with Gasteiger partial charge in [-0.2, -0.15) is 0 Å². The van der Waals surface area contributed by atoms with Gasteiger partial charge >= 0.3 is 12.1 Å². The van der Waals surface area contributed by atoms with Crippen LogP contribution in [-0.2, 0) is 15.9 Å². The molecule has 29 heavy (non-hydrogen) atoms. The van der Waals surface area contributed by atoms with Crippen molar-refractivity contribution in [3.8, 4) is 5.75 Å². The van der Waals surface area contributed by atoms with Crippen LogP contribution in [0.25, 0.3) is 10.9 Å². The second-order valence-corrected chi connectivity index (χ2v) is 7.07. The first-order valence-electron chi connectivity index (χ1n) is 9.96. The summed E-state index contributed by atoms with van der Waals surface area (Å²) in [4.78, 5) is 31.1. The number of H-pyrrole nitrogens is 1. The fourth-order valence-electron chi connectivity index (χ4n) is 3.52. The highest BCUT2D eigenvalue weighted by atomic mass is 16.6. The van der Waals surface area contributed by atoms with E-state index < -0.39 is 0 Å². The number of morpholine rings is 2. The molecule has 1 aromatic heterocycles. The number of carbonyl (C=O) groups is 2. The Morgan fingerprint density at radius 2 is 1.72 bits per heavy atom. The second kappa shape index (κ2) is 9.15. The molecule has 0 unspecified atom stereocenters. The van der Waals surface area contributed by atoms with Crippen LogP contribution in [0.4, 0.5) is 9.59 Å². The third-order valence-electron chi connectivity index (χ3n) is 5.18. The van der Waals surface area contributed by atoms with Gasteiger partial charge in [-0.25, -0.2) is 9.59 Å². The highest BCUT2D eigenvalue weighted by Crippen LogP contribution is 2.24. The van der Waals surface area contributed by atoms with Gasteiger partial charge in [0.1, 0.15) is 5.75 Å². The summed E-state index contributed by atoms with van der Waals surface area (Å²) in [5.41, 5.74) is 2.03. The van der Waals surface area contributed by atoms with E-state index in [4.69, 9.17) is 14.2 Å². The molecule has 9 nitrogen and oxygen atoms in total. The quantitative estimate of drug-likeness (QED) is 0.810. The molecule has 2 aromatic rings. The summed E-state index contributed by atoms with van der Waals surface area (Å²) in [6, 6.07) is 5.48. The average molecular weight is 402 g/mol. The minimum Gasteiger partial charge on any atom is -0.410 e. The number of aromatic nitrogens is 1. The van der Waals surface area contributed by atoms with Gasteiger partial charge in [-0.05, 0) is 30.2 Å². The molecule has 2 N–H and O–H groups in total. The van der Waals surface area contributed by atoms with Crippen molar-refractivity contribution in [3.05, 3.63) is 30.0 Å². The molecule has 4 rings (SSSR count).